The van der Waals surface area contributed by atoms with E-state index in [2.05, 4.69) is 22.2 Å². The number of H-pyrrole nitrogens is 1. The number of nitrogens with one attached hydrogen (secondary N) is 2. The molecule has 3 aromatic rings. The predicted molar refractivity (Wildman–Crippen MR) is 102 cm³/mol. The van der Waals surface area contributed by atoms with Gasteiger partial charge in [0.15, 0.2) is 0 Å². The molecule has 0 aliphatic heterocycles. The molecule has 0 unspecified atom stereocenters. The third-order valence-electron chi connectivity index (χ3n) is 3.94. The first kappa shape index (κ1) is 17.6. The van der Waals surface area contributed by atoms with Crippen LogP contribution in [0.3, 0.4) is 0 Å². The number of aromatic amines is 1. The summed E-state index contributed by atoms with van der Waals surface area (Å²) in [6, 6.07) is 11.6. The van der Waals surface area contributed by atoms with E-state index >= 15 is 0 Å². The van der Waals surface area contributed by atoms with Gasteiger partial charge in [-0.25, -0.2) is 4.98 Å². The Bertz CT molecular complexity index is 824. The van der Waals surface area contributed by atoms with Gasteiger partial charge in [-0.1, -0.05) is 41.7 Å². The Labute approximate surface area is 156 Å². The molecular formula is C18H18Cl3N3. The number of aromatic nitrogens is 2. The van der Waals surface area contributed by atoms with Crippen molar-refractivity contribution < 1.29 is 0 Å². The summed E-state index contributed by atoms with van der Waals surface area (Å²) in [4.78, 5) is 7.97. The van der Waals surface area contributed by atoms with Crippen molar-refractivity contribution in [3.8, 4) is 0 Å². The van der Waals surface area contributed by atoms with Gasteiger partial charge in [0.25, 0.3) is 0 Å². The fraction of sp³-hybridized carbons (Fsp3) is 0.278. The zero-order valence-corrected chi connectivity index (χ0v) is 15.5. The maximum Gasteiger partial charge on any atom is 0.108 e. The number of rotatable bonds is 6. The van der Waals surface area contributed by atoms with E-state index in [0.29, 0.717) is 27.7 Å². The third-order valence-corrected chi connectivity index (χ3v) is 4.61. The van der Waals surface area contributed by atoms with Crippen molar-refractivity contribution in [2.24, 2.45) is 0 Å². The summed E-state index contributed by atoms with van der Waals surface area (Å²) >= 11 is 18.1. The van der Waals surface area contributed by atoms with Crippen molar-refractivity contribution in [1.29, 1.82) is 0 Å². The van der Waals surface area contributed by atoms with E-state index in [1.165, 1.54) is 0 Å². The molecule has 0 spiro atoms. The fourth-order valence-corrected chi connectivity index (χ4v) is 3.44. The highest BCUT2D eigenvalue weighted by atomic mass is 35.5. The van der Waals surface area contributed by atoms with Crippen molar-refractivity contribution in [3.05, 3.63) is 62.9 Å². The van der Waals surface area contributed by atoms with Gasteiger partial charge in [-0.2, -0.15) is 0 Å². The van der Waals surface area contributed by atoms with Gasteiger partial charge in [0.05, 0.1) is 11.0 Å². The van der Waals surface area contributed by atoms with Gasteiger partial charge in [0.1, 0.15) is 5.82 Å². The van der Waals surface area contributed by atoms with Crippen LogP contribution in [0.2, 0.25) is 15.1 Å². The number of halogens is 3. The summed E-state index contributed by atoms with van der Waals surface area (Å²) < 4.78 is 0. The zero-order chi connectivity index (χ0) is 17.1. The SMILES string of the molecule is CC[C@@H](Cc1nc2ccc(Cl)cc2[nH]1)NCc1cc(Cl)cc(Cl)c1. The Kier molecular flexibility index (Phi) is 5.67. The van der Waals surface area contributed by atoms with Crippen molar-refractivity contribution in [3.63, 3.8) is 0 Å². The maximum absolute atomic E-state index is 6.05. The van der Waals surface area contributed by atoms with Gasteiger partial charge in [-0.15, -0.1) is 0 Å². The molecule has 1 aromatic heterocycles. The first-order valence-electron chi connectivity index (χ1n) is 7.86. The Morgan fingerprint density at radius 1 is 1.04 bits per heavy atom. The van der Waals surface area contributed by atoms with Gasteiger partial charge in [-0.05, 0) is 48.4 Å². The molecule has 0 saturated carbocycles. The standard InChI is InChI=1S/C18H18Cl3N3/c1-2-15(22-10-11-5-13(20)7-14(21)6-11)9-18-23-16-4-3-12(19)8-17(16)24-18/h3-8,15,22H,2,9-10H2,1H3,(H,23,24)/t15-/m0/s1. The number of hydrogen-bond donors (Lipinski definition) is 2. The lowest BCUT2D eigenvalue weighted by Gasteiger charge is -2.16. The molecular weight excluding hydrogens is 365 g/mol. The molecule has 0 amide bonds. The average molecular weight is 383 g/mol. The van der Waals surface area contributed by atoms with Crippen molar-refractivity contribution in [1.82, 2.24) is 15.3 Å². The van der Waals surface area contributed by atoms with Crippen LogP contribution in [0.1, 0.15) is 24.7 Å². The fourth-order valence-electron chi connectivity index (χ4n) is 2.70. The molecule has 24 heavy (non-hydrogen) atoms. The molecule has 1 heterocycles. The molecule has 1 atom stereocenters. The summed E-state index contributed by atoms with van der Waals surface area (Å²) in [6.45, 7) is 2.87. The highest BCUT2D eigenvalue weighted by molar-refractivity contribution is 6.34. The molecule has 2 N–H and O–H groups in total. The van der Waals surface area contributed by atoms with E-state index in [1.807, 2.05) is 30.3 Å². The lowest BCUT2D eigenvalue weighted by atomic mass is 10.1. The van der Waals surface area contributed by atoms with Crippen LogP contribution in [-0.4, -0.2) is 16.0 Å². The van der Waals surface area contributed by atoms with Crippen LogP contribution >= 0.6 is 34.8 Å². The average Bonchev–Trinajstić information content (AvgIpc) is 2.91. The van der Waals surface area contributed by atoms with Crippen LogP contribution in [0.15, 0.2) is 36.4 Å². The Morgan fingerprint density at radius 2 is 1.79 bits per heavy atom. The molecule has 3 nitrogen and oxygen atoms in total. The molecule has 3 rings (SSSR count). The molecule has 0 radical (unpaired) electrons. The summed E-state index contributed by atoms with van der Waals surface area (Å²) in [5, 5.41) is 5.56. The van der Waals surface area contributed by atoms with E-state index in [0.717, 1.165) is 35.3 Å². The summed E-state index contributed by atoms with van der Waals surface area (Å²) in [6.07, 6.45) is 1.81. The lowest BCUT2D eigenvalue weighted by Crippen LogP contribution is -2.30. The van der Waals surface area contributed by atoms with Gasteiger partial charge in [0, 0.05) is 34.1 Å². The second-order valence-electron chi connectivity index (χ2n) is 5.81. The first-order chi connectivity index (χ1) is 11.5. The van der Waals surface area contributed by atoms with Crippen LogP contribution in [0.25, 0.3) is 11.0 Å². The minimum Gasteiger partial charge on any atom is -0.342 e. The zero-order valence-electron chi connectivity index (χ0n) is 13.2. The molecule has 6 heteroatoms. The number of benzene rings is 2. The molecule has 0 aliphatic carbocycles. The van der Waals surface area contributed by atoms with Gasteiger partial charge < -0.3 is 10.3 Å². The number of imidazole rings is 1. The minimum absolute atomic E-state index is 0.304. The van der Waals surface area contributed by atoms with Crippen molar-refractivity contribution in [2.75, 3.05) is 0 Å². The second kappa shape index (κ2) is 7.75. The van der Waals surface area contributed by atoms with E-state index < -0.39 is 0 Å². The highest BCUT2D eigenvalue weighted by Gasteiger charge is 2.11. The molecule has 2 aromatic carbocycles. The Balaban J connectivity index is 1.67. The monoisotopic (exact) mass is 381 g/mol. The topological polar surface area (TPSA) is 40.7 Å². The summed E-state index contributed by atoms with van der Waals surface area (Å²) in [5.74, 6) is 0.954. The lowest BCUT2D eigenvalue weighted by molar-refractivity contribution is 0.487. The largest absolute Gasteiger partial charge is 0.342 e. The molecule has 126 valence electrons. The third kappa shape index (κ3) is 4.42. The molecule has 0 aliphatic rings. The minimum atomic E-state index is 0.304. The van der Waals surface area contributed by atoms with Crippen LogP contribution in [-0.2, 0) is 13.0 Å². The van der Waals surface area contributed by atoms with E-state index in [4.69, 9.17) is 34.8 Å². The van der Waals surface area contributed by atoms with Crippen molar-refractivity contribution in [2.45, 2.75) is 32.4 Å². The van der Waals surface area contributed by atoms with Crippen LogP contribution in [0.5, 0.6) is 0 Å². The van der Waals surface area contributed by atoms with Gasteiger partial charge in [-0.3, -0.25) is 0 Å². The Hall–Kier alpha value is -1.26. The highest BCUT2D eigenvalue weighted by Crippen LogP contribution is 2.20. The number of fused-ring (bicyclic) bond motifs is 1. The maximum atomic E-state index is 6.05. The van der Waals surface area contributed by atoms with Gasteiger partial charge >= 0.3 is 0 Å². The summed E-state index contributed by atoms with van der Waals surface area (Å²) in [5.41, 5.74) is 2.97. The van der Waals surface area contributed by atoms with Crippen molar-refractivity contribution >= 4 is 45.8 Å². The normalized spacial score (nSPS) is 12.7. The van der Waals surface area contributed by atoms with Crippen LogP contribution in [0.4, 0.5) is 0 Å². The van der Waals surface area contributed by atoms with E-state index in [9.17, 15) is 0 Å². The van der Waals surface area contributed by atoms with Gasteiger partial charge in [0.2, 0.25) is 0 Å². The second-order valence-corrected chi connectivity index (χ2v) is 7.12. The smallest absolute Gasteiger partial charge is 0.108 e. The van der Waals surface area contributed by atoms with Crippen LogP contribution < -0.4 is 5.32 Å². The number of nitrogens with zero attached hydrogens (tertiary/aromatic N) is 1. The molecule has 0 fully saturated rings. The Morgan fingerprint density at radius 3 is 2.50 bits per heavy atom. The molecule has 0 saturated heterocycles. The van der Waals surface area contributed by atoms with E-state index in [1.54, 1.807) is 6.07 Å². The quantitative estimate of drug-likeness (QED) is 0.579. The molecule has 0 bridgehead atoms. The van der Waals surface area contributed by atoms with E-state index in [-0.39, 0.29) is 0 Å². The predicted octanol–water partition coefficient (Wildman–Crippen LogP) is 5.63. The first-order valence-corrected chi connectivity index (χ1v) is 8.99. The van der Waals surface area contributed by atoms with Crippen LogP contribution in [0, 0.1) is 0 Å². The summed E-state index contributed by atoms with van der Waals surface area (Å²) in [7, 11) is 0. The number of hydrogen-bond acceptors (Lipinski definition) is 2.